The molecule has 0 spiro atoms. The highest BCUT2D eigenvalue weighted by Crippen LogP contribution is 2.52. The zero-order chi connectivity index (χ0) is 23.4. The summed E-state index contributed by atoms with van der Waals surface area (Å²) in [5.41, 5.74) is 1.40. The molecule has 3 aromatic rings. The molecule has 0 atom stereocenters. The summed E-state index contributed by atoms with van der Waals surface area (Å²) in [4.78, 5) is 29.4. The van der Waals surface area contributed by atoms with Crippen molar-refractivity contribution in [3.05, 3.63) is 77.2 Å². The van der Waals surface area contributed by atoms with Crippen LogP contribution in [0.5, 0.6) is 11.5 Å². The summed E-state index contributed by atoms with van der Waals surface area (Å²) in [6.45, 7) is 1.29. The van der Waals surface area contributed by atoms with Gasteiger partial charge in [0, 0.05) is 17.7 Å². The number of ether oxygens (including phenoxy) is 2. The minimum absolute atomic E-state index is 0.0268. The number of aromatic nitrogens is 1. The molecule has 168 valence electrons. The SMILES string of the molecule is CC(=O)c1cc(-c2cccc(CC(=O)C3(c4ccc5c(c4)OC(F)(F)O5)CC3)n2)ccc1F. The summed E-state index contributed by atoms with van der Waals surface area (Å²) in [7, 11) is 0. The van der Waals surface area contributed by atoms with E-state index in [-0.39, 0.29) is 29.3 Å². The van der Waals surface area contributed by atoms with Crippen LogP contribution in [0.25, 0.3) is 11.3 Å². The summed E-state index contributed by atoms with van der Waals surface area (Å²) in [6, 6.07) is 13.8. The highest BCUT2D eigenvalue weighted by molar-refractivity contribution is 5.96. The van der Waals surface area contributed by atoms with Gasteiger partial charge in [-0.3, -0.25) is 14.6 Å². The molecule has 2 aromatic carbocycles. The van der Waals surface area contributed by atoms with Gasteiger partial charge in [0.2, 0.25) is 0 Å². The Balaban J connectivity index is 1.38. The zero-order valence-corrected chi connectivity index (χ0v) is 17.5. The first kappa shape index (κ1) is 21.2. The summed E-state index contributed by atoms with van der Waals surface area (Å²) < 4.78 is 49.5. The Kier molecular flexibility index (Phi) is 4.77. The number of carbonyl (C=O) groups is 2. The number of fused-ring (bicyclic) bond motifs is 1. The van der Waals surface area contributed by atoms with Crippen LogP contribution < -0.4 is 9.47 Å². The van der Waals surface area contributed by atoms with Crippen LogP contribution in [0, 0.1) is 5.82 Å². The largest absolute Gasteiger partial charge is 0.586 e. The second-order valence-corrected chi connectivity index (χ2v) is 8.28. The van der Waals surface area contributed by atoms with Gasteiger partial charge >= 0.3 is 6.29 Å². The van der Waals surface area contributed by atoms with Gasteiger partial charge in [0.1, 0.15) is 11.6 Å². The summed E-state index contributed by atoms with van der Waals surface area (Å²) >= 11 is 0. The van der Waals surface area contributed by atoms with Crippen LogP contribution in [0.3, 0.4) is 0 Å². The molecule has 5 nitrogen and oxygen atoms in total. The van der Waals surface area contributed by atoms with Crippen molar-refractivity contribution in [1.82, 2.24) is 4.98 Å². The predicted octanol–water partition coefficient (Wildman–Crippen LogP) is 5.26. The van der Waals surface area contributed by atoms with Gasteiger partial charge in [0.15, 0.2) is 17.3 Å². The Labute approximate surface area is 187 Å². The third-order valence-electron chi connectivity index (χ3n) is 6.03. The lowest BCUT2D eigenvalue weighted by Gasteiger charge is -2.15. The fourth-order valence-electron chi connectivity index (χ4n) is 4.13. The number of hydrogen-bond donors (Lipinski definition) is 0. The molecule has 1 aromatic heterocycles. The third-order valence-corrected chi connectivity index (χ3v) is 6.03. The smallest absolute Gasteiger partial charge is 0.395 e. The molecule has 2 aliphatic rings. The molecule has 0 bridgehead atoms. The van der Waals surface area contributed by atoms with Crippen molar-refractivity contribution < 1.29 is 32.2 Å². The second kappa shape index (κ2) is 7.43. The highest BCUT2D eigenvalue weighted by atomic mass is 19.3. The molecule has 0 amide bonds. The van der Waals surface area contributed by atoms with E-state index in [1.165, 1.54) is 37.3 Å². The van der Waals surface area contributed by atoms with Gasteiger partial charge in [-0.2, -0.15) is 0 Å². The molecule has 2 heterocycles. The van der Waals surface area contributed by atoms with Crippen LogP contribution in [-0.2, 0) is 16.6 Å². The first-order valence-electron chi connectivity index (χ1n) is 10.4. The monoisotopic (exact) mass is 453 g/mol. The third kappa shape index (κ3) is 3.86. The quantitative estimate of drug-likeness (QED) is 0.477. The normalized spacial score (nSPS) is 17.0. The minimum Gasteiger partial charge on any atom is -0.395 e. The van der Waals surface area contributed by atoms with Gasteiger partial charge in [-0.15, -0.1) is 8.78 Å². The average molecular weight is 453 g/mol. The molecule has 1 saturated carbocycles. The summed E-state index contributed by atoms with van der Waals surface area (Å²) in [5.74, 6) is -1.23. The van der Waals surface area contributed by atoms with Crippen molar-refractivity contribution in [2.75, 3.05) is 0 Å². The number of pyridine rings is 1. The number of carbonyl (C=O) groups excluding carboxylic acids is 2. The average Bonchev–Trinajstić information content (AvgIpc) is 3.51. The van der Waals surface area contributed by atoms with E-state index in [0.29, 0.717) is 35.4 Å². The van der Waals surface area contributed by atoms with E-state index in [1.807, 2.05) is 0 Å². The maximum Gasteiger partial charge on any atom is 0.586 e. The van der Waals surface area contributed by atoms with E-state index in [9.17, 15) is 22.8 Å². The molecule has 1 fully saturated rings. The van der Waals surface area contributed by atoms with Gasteiger partial charge in [-0.05, 0) is 67.8 Å². The van der Waals surface area contributed by atoms with E-state index in [2.05, 4.69) is 14.5 Å². The molecule has 0 unspecified atom stereocenters. The lowest BCUT2D eigenvalue weighted by molar-refractivity contribution is -0.286. The number of ketones is 2. The fraction of sp³-hybridized carbons (Fsp3) is 0.240. The Morgan fingerprint density at radius 2 is 1.76 bits per heavy atom. The van der Waals surface area contributed by atoms with E-state index in [4.69, 9.17) is 0 Å². The van der Waals surface area contributed by atoms with Crippen LogP contribution in [0.4, 0.5) is 13.2 Å². The van der Waals surface area contributed by atoms with Crippen molar-refractivity contribution in [3.8, 4) is 22.8 Å². The van der Waals surface area contributed by atoms with Gasteiger partial charge in [-0.1, -0.05) is 12.1 Å². The number of hydrogen-bond acceptors (Lipinski definition) is 5. The molecule has 0 N–H and O–H groups in total. The van der Waals surface area contributed by atoms with E-state index < -0.39 is 23.3 Å². The Hall–Kier alpha value is -3.68. The van der Waals surface area contributed by atoms with Crippen LogP contribution in [0.2, 0.25) is 0 Å². The molecule has 1 aliphatic carbocycles. The number of halogens is 3. The van der Waals surface area contributed by atoms with E-state index in [0.717, 1.165) is 0 Å². The molecule has 0 saturated heterocycles. The maximum absolute atomic E-state index is 13.9. The number of alkyl halides is 2. The number of Topliss-reactive ketones (excluding diaryl/α,β-unsaturated/α-hetero) is 2. The molecular formula is C25H18F3NO4. The van der Waals surface area contributed by atoms with Crippen LogP contribution in [0.1, 0.15) is 41.4 Å². The second-order valence-electron chi connectivity index (χ2n) is 8.28. The Morgan fingerprint density at radius 1 is 1.00 bits per heavy atom. The molecule has 0 radical (unpaired) electrons. The Morgan fingerprint density at radius 3 is 2.48 bits per heavy atom. The van der Waals surface area contributed by atoms with Crippen molar-refractivity contribution in [1.29, 1.82) is 0 Å². The summed E-state index contributed by atoms with van der Waals surface area (Å²) in [6.07, 6.45) is -2.48. The topological polar surface area (TPSA) is 65.5 Å². The van der Waals surface area contributed by atoms with Gasteiger partial charge in [0.05, 0.1) is 16.7 Å². The number of rotatable bonds is 6. The molecule has 5 rings (SSSR count). The molecule has 8 heteroatoms. The van der Waals surface area contributed by atoms with Crippen LogP contribution in [0.15, 0.2) is 54.6 Å². The van der Waals surface area contributed by atoms with Crippen molar-refractivity contribution >= 4 is 11.6 Å². The fourth-order valence-corrected chi connectivity index (χ4v) is 4.13. The van der Waals surface area contributed by atoms with Crippen molar-refractivity contribution in [3.63, 3.8) is 0 Å². The predicted molar refractivity (Wildman–Crippen MR) is 112 cm³/mol. The lowest BCUT2D eigenvalue weighted by Crippen LogP contribution is -2.26. The minimum atomic E-state index is -3.71. The van der Waals surface area contributed by atoms with Crippen molar-refractivity contribution in [2.45, 2.75) is 37.9 Å². The first-order valence-corrected chi connectivity index (χ1v) is 10.4. The van der Waals surface area contributed by atoms with E-state index >= 15 is 0 Å². The molecule has 1 aliphatic heterocycles. The van der Waals surface area contributed by atoms with Gasteiger partial charge in [0.25, 0.3) is 0 Å². The highest BCUT2D eigenvalue weighted by Gasteiger charge is 2.52. The van der Waals surface area contributed by atoms with Gasteiger partial charge < -0.3 is 9.47 Å². The summed E-state index contributed by atoms with van der Waals surface area (Å²) in [5, 5.41) is 0. The maximum atomic E-state index is 13.9. The standard InChI is InChI=1S/C25H18F3NO4/c1-14(30)18-11-15(5-7-19(18)26)20-4-2-3-17(29-20)13-23(31)24(9-10-24)16-6-8-21-22(12-16)33-25(27,28)32-21/h2-8,11-12H,9-10,13H2,1H3. The van der Waals surface area contributed by atoms with Crippen LogP contribution in [-0.4, -0.2) is 22.8 Å². The number of nitrogens with zero attached hydrogens (tertiary/aromatic N) is 1. The van der Waals surface area contributed by atoms with Crippen molar-refractivity contribution in [2.24, 2.45) is 0 Å². The molecule has 33 heavy (non-hydrogen) atoms. The first-order chi connectivity index (χ1) is 15.7. The van der Waals surface area contributed by atoms with Gasteiger partial charge in [-0.25, -0.2) is 4.39 Å². The molecular weight excluding hydrogens is 435 g/mol. The van der Waals surface area contributed by atoms with Crippen LogP contribution >= 0.6 is 0 Å². The van der Waals surface area contributed by atoms with E-state index in [1.54, 1.807) is 24.3 Å². The Bertz CT molecular complexity index is 1300. The zero-order valence-electron chi connectivity index (χ0n) is 17.5. The number of benzene rings is 2. The lowest BCUT2D eigenvalue weighted by atomic mass is 9.88.